The van der Waals surface area contributed by atoms with Crippen molar-refractivity contribution < 1.29 is 19.4 Å². The minimum Gasteiger partial charge on any atom is -0.503 e. The normalized spacial score (nSPS) is 11.5. The van der Waals surface area contributed by atoms with Crippen molar-refractivity contribution in [3.8, 4) is 11.5 Å². The van der Waals surface area contributed by atoms with Gasteiger partial charge in [0.25, 0.3) is 0 Å². The zero-order chi connectivity index (χ0) is 16.0. The van der Waals surface area contributed by atoms with Crippen molar-refractivity contribution in [2.45, 2.75) is 33.3 Å². The second kappa shape index (κ2) is 7.17. The lowest BCUT2D eigenvalue weighted by atomic mass is 10.2. The van der Waals surface area contributed by atoms with E-state index in [4.69, 9.17) is 21.1 Å². The second-order valence-electron chi connectivity index (χ2n) is 5.15. The Labute approximate surface area is 128 Å². The van der Waals surface area contributed by atoms with Crippen LogP contribution in [0.5, 0.6) is 11.5 Å². The van der Waals surface area contributed by atoms with Crippen molar-refractivity contribution in [2.75, 3.05) is 6.61 Å². The molecule has 0 saturated carbocycles. The predicted molar refractivity (Wildman–Crippen MR) is 81.2 cm³/mol. The Bertz CT molecular complexity index is 539. The van der Waals surface area contributed by atoms with Crippen LogP contribution in [-0.2, 0) is 4.74 Å². The van der Waals surface area contributed by atoms with Crippen molar-refractivity contribution >= 4 is 23.9 Å². The molecule has 1 rings (SSSR count). The largest absolute Gasteiger partial charge is 0.503 e. The Kier molecular flexibility index (Phi) is 5.84. The van der Waals surface area contributed by atoms with Gasteiger partial charge in [0.05, 0.1) is 17.8 Å². The van der Waals surface area contributed by atoms with Gasteiger partial charge >= 0.3 is 6.09 Å². The zero-order valence-electron chi connectivity index (χ0n) is 12.4. The first-order valence-corrected chi connectivity index (χ1v) is 6.78. The van der Waals surface area contributed by atoms with Crippen LogP contribution in [0.2, 0.25) is 5.02 Å². The lowest BCUT2D eigenvalue weighted by molar-refractivity contribution is 0.0529. The topological polar surface area (TPSA) is 80.2 Å². The molecule has 0 aliphatic carbocycles. The highest BCUT2D eigenvalue weighted by Crippen LogP contribution is 2.34. The lowest BCUT2D eigenvalue weighted by Crippen LogP contribution is -2.29. The molecular weight excluding hydrogens is 296 g/mol. The number of rotatable bonds is 4. The standard InChI is InChI=1S/C14H19ClN2O4/c1-5-20-11-7-9(6-10(15)12(11)18)8-16-17-13(19)21-14(2,3)4/h6-8,18H,5H2,1-4H3,(H,17,19)/b16-8-. The van der Waals surface area contributed by atoms with E-state index in [9.17, 15) is 9.90 Å². The van der Waals surface area contributed by atoms with Crippen molar-refractivity contribution in [3.63, 3.8) is 0 Å². The third kappa shape index (κ3) is 5.91. The van der Waals surface area contributed by atoms with Gasteiger partial charge in [-0.15, -0.1) is 0 Å². The van der Waals surface area contributed by atoms with Crippen LogP contribution in [0.15, 0.2) is 17.2 Å². The molecule has 0 saturated heterocycles. The molecule has 0 aliphatic rings. The molecule has 0 radical (unpaired) electrons. The average molecular weight is 315 g/mol. The van der Waals surface area contributed by atoms with Crippen molar-refractivity contribution in [3.05, 3.63) is 22.7 Å². The summed E-state index contributed by atoms with van der Waals surface area (Å²) < 4.78 is 10.3. The predicted octanol–water partition coefficient (Wildman–Crippen LogP) is 3.30. The number of ether oxygens (including phenoxy) is 2. The monoisotopic (exact) mass is 314 g/mol. The van der Waals surface area contributed by atoms with E-state index in [1.165, 1.54) is 12.3 Å². The molecule has 0 heterocycles. The van der Waals surface area contributed by atoms with Gasteiger partial charge in [0, 0.05) is 0 Å². The summed E-state index contributed by atoms with van der Waals surface area (Å²) in [5, 5.41) is 13.6. The summed E-state index contributed by atoms with van der Waals surface area (Å²) in [4.78, 5) is 11.4. The molecule has 0 aromatic heterocycles. The van der Waals surface area contributed by atoms with Crippen LogP contribution in [0.25, 0.3) is 0 Å². The average Bonchev–Trinajstić information content (AvgIpc) is 2.33. The number of hydrogen-bond donors (Lipinski definition) is 2. The third-order valence-corrected chi connectivity index (χ3v) is 2.41. The van der Waals surface area contributed by atoms with Crippen LogP contribution < -0.4 is 10.2 Å². The maximum atomic E-state index is 11.4. The smallest absolute Gasteiger partial charge is 0.428 e. The summed E-state index contributed by atoms with van der Waals surface area (Å²) in [6.07, 6.45) is 0.714. The second-order valence-corrected chi connectivity index (χ2v) is 5.56. The minimum absolute atomic E-state index is 0.129. The summed E-state index contributed by atoms with van der Waals surface area (Å²) in [5.41, 5.74) is 2.21. The van der Waals surface area contributed by atoms with Crippen LogP contribution in [0, 0.1) is 0 Å². The highest BCUT2D eigenvalue weighted by atomic mass is 35.5. The van der Waals surface area contributed by atoms with Crippen molar-refractivity contribution in [1.82, 2.24) is 5.43 Å². The Morgan fingerprint density at radius 3 is 2.71 bits per heavy atom. The van der Waals surface area contributed by atoms with E-state index >= 15 is 0 Å². The SMILES string of the molecule is CCOc1cc(/C=N\NC(=O)OC(C)(C)C)cc(Cl)c1O. The molecule has 0 fully saturated rings. The number of hydrazone groups is 1. The minimum atomic E-state index is -0.659. The fraction of sp³-hybridized carbons (Fsp3) is 0.429. The van der Waals surface area contributed by atoms with E-state index < -0.39 is 11.7 Å². The van der Waals surface area contributed by atoms with E-state index in [0.717, 1.165) is 0 Å². The van der Waals surface area contributed by atoms with E-state index in [0.29, 0.717) is 12.2 Å². The molecule has 0 unspecified atom stereocenters. The quantitative estimate of drug-likeness (QED) is 0.660. The Morgan fingerprint density at radius 2 is 2.14 bits per heavy atom. The first-order chi connectivity index (χ1) is 9.73. The van der Waals surface area contributed by atoms with Crippen LogP contribution in [-0.4, -0.2) is 29.6 Å². The van der Waals surface area contributed by atoms with Gasteiger partial charge in [-0.05, 0) is 45.4 Å². The number of phenolic OH excluding ortho intramolecular Hbond substituents is 1. The van der Waals surface area contributed by atoms with Gasteiger partial charge in [0.1, 0.15) is 5.60 Å². The highest BCUT2D eigenvalue weighted by Gasteiger charge is 2.15. The Morgan fingerprint density at radius 1 is 1.48 bits per heavy atom. The number of benzene rings is 1. The molecular formula is C14H19ClN2O4. The van der Waals surface area contributed by atoms with Gasteiger partial charge in [-0.1, -0.05) is 11.6 Å². The van der Waals surface area contributed by atoms with Crippen LogP contribution >= 0.6 is 11.6 Å². The molecule has 7 heteroatoms. The van der Waals surface area contributed by atoms with Gasteiger partial charge in [-0.2, -0.15) is 5.10 Å². The summed E-state index contributed by atoms with van der Waals surface area (Å²) in [6.45, 7) is 7.44. The molecule has 1 aromatic rings. The summed E-state index contributed by atoms with van der Waals surface area (Å²) in [7, 11) is 0. The zero-order valence-corrected chi connectivity index (χ0v) is 13.2. The molecule has 116 valence electrons. The molecule has 0 atom stereocenters. The molecule has 0 aliphatic heterocycles. The molecule has 6 nitrogen and oxygen atoms in total. The van der Waals surface area contributed by atoms with Gasteiger partial charge in [0.2, 0.25) is 0 Å². The van der Waals surface area contributed by atoms with Crippen molar-refractivity contribution in [1.29, 1.82) is 0 Å². The van der Waals surface area contributed by atoms with E-state index in [1.807, 2.05) is 0 Å². The third-order valence-electron chi connectivity index (χ3n) is 2.12. The van der Waals surface area contributed by atoms with Crippen LogP contribution in [0.3, 0.4) is 0 Å². The number of carbonyl (C=O) groups excluding carboxylic acids is 1. The van der Waals surface area contributed by atoms with Crippen molar-refractivity contribution in [2.24, 2.45) is 5.10 Å². The molecule has 0 spiro atoms. The summed E-state index contributed by atoms with van der Waals surface area (Å²) in [5.74, 6) is 0.125. The molecule has 0 bridgehead atoms. The van der Waals surface area contributed by atoms with E-state index in [1.54, 1.807) is 33.8 Å². The first kappa shape index (κ1) is 17.1. The number of halogens is 1. The van der Waals surface area contributed by atoms with E-state index in [2.05, 4.69) is 10.5 Å². The van der Waals surface area contributed by atoms with Crippen LogP contribution in [0.1, 0.15) is 33.3 Å². The molecule has 21 heavy (non-hydrogen) atoms. The maximum absolute atomic E-state index is 11.4. The summed E-state index contributed by atoms with van der Waals surface area (Å²) in [6, 6.07) is 3.06. The first-order valence-electron chi connectivity index (χ1n) is 6.40. The molecule has 2 N–H and O–H groups in total. The fourth-order valence-electron chi connectivity index (χ4n) is 1.39. The number of nitrogens with one attached hydrogen (secondary N) is 1. The van der Waals surface area contributed by atoms with Gasteiger partial charge in [-0.3, -0.25) is 0 Å². The number of nitrogens with zero attached hydrogens (tertiary/aromatic N) is 1. The Hall–Kier alpha value is -1.95. The number of amides is 1. The maximum Gasteiger partial charge on any atom is 0.428 e. The number of phenols is 1. The highest BCUT2D eigenvalue weighted by molar-refractivity contribution is 6.32. The van der Waals surface area contributed by atoms with Crippen LogP contribution in [0.4, 0.5) is 4.79 Å². The number of aromatic hydroxyl groups is 1. The summed E-state index contributed by atoms with van der Waals surface area (Å²) >= 11 is 5.88. The Balaban J connectivity index is 2.74. The van der Waals surface area contributed by atoms with E-state index in [-0.39, 0.29) is 16.5 Å². The lowest BCUT2D eigenvalue weighted by Gasteiger charge is -2.18. The molecule has 1 aromatic carbocycles. The van der Waals surface area contributed by atoms with Gasteiger partial charge in [-0.25, -0.2) is 10.2 Å². The number of hydrogen-bond acceptors (Lipinski definition) is 5. The number of carbonyl (C=O) groups is 1. The fourth-order valence-corrected chi connectivity index (χ4v) is 1.61. The molecule has 1 amide bonds. The van der Waals surface area contributed by atoms with Gasteiger partial charge in [0.15, 0.2) is 11.5 Å². The van der Waals surface area contributed by atoms with Gasteiger partial charge < -0.3 is 14.6 Å².